The van der Waals surface area contributed by atoms with Crippen molar-refractivity contribution in [2.75, 3.05) is 13.2 Å². The monoisotopic (exact) mass is 190 g/mol. The molecule has 0 amide bonds. The van der Waals surface area contributed by atoms with E-state index in [1.807, 2.05) is 31.2 Å². The number of ether oxygens (including phenoxy) is 1. The number of hydrogen-bond acceptors (Lipinski definition) is 3. The average molecular weight is 190 g/mol. The lowest BCUT2D eigenvalue weighted by molar-refractivity contribution is 0.340. The number of hydrogen-bond donors (Lipinski definition) is 1. The molecule has 0 aromatic heterocycles. The van der Waals surface area contributed by atoms with Gasteiger partial charge in [-0.05, 0) is 24.6 Å². The number of rotatable bonds is 4. The maximum Gasteiger partial charge on any atom is 0.119 e. The predicted octanol–water partition coefficient (Wildman–Crippen LogP) is 1.65. The maximum atomic E-state index is 8.83. The summed E-state index contributed by atoms with van der Waals surface area (Å²) in [6, 6.07) is 9.66. The first-order valence-electron chi connectivity index (χ1n) is 4.64. The maximum absolute atomic E-state index is 8.83. The van der Waals surface area contributed by atoms with Crippen LogP contribution in [0.25, 0.3) is 0 Å². The second-order valence-corrected chi connectivity index (χ2v) is 2.92. The summed E-state index contributed by atoms with van der Waals surface area (Å²) in [6.07, 6.45) is 0. The molecule has 14 heavy (non-hydrogen) atoms. The minimum Gasteiger partial charge on any atom is -0.494 e. The molecule has 2 N–H and O–H groups in total. The van der Waals surface area contributed by atoms with E-state index in [2.05, 4.69) is 6.07 Å². The normalized spacial score (nSPS) is 11.8. The minimum absolute atomic E-state index is 0.240. The Morgan fingerprint density at radius 3 is 2.93 bits per heavy atom. The fourth-order valence-electron chi connectivity index (χ4n) is 1.25. The number of nitrogens with zero attached hydrogens (tertiary/aromatic N) is 1. The van der Waals surface area contributed by atoms with Crippen LogP contribution in [0.4, 0.5) is 0 Å². The highest BCUT2D eigenvalue weighted by molar-refractivity contribution is 5.33. The molecule has 1 atom stereocenters. The van der Waals surface area contributed by atoms with E-state index in [0.29, 0.717) is 13.2 Å². The standard InChI is InChI=1S/C11H14N2O/c1-2-14-11-5-3-4-9(6-11)10(7-12)8-13/h3-6,10H,2,7,12H2,1H3. The number of nitrogens with two attached hydrogens (primary N) is 1. The largest absolute Gasteiger partial charge is 0.494 e. The van der Waals surface area contributed by atoms with E-state index in [9.17, 15) is 0 Å². The molecule has 0 spiro atoms. The highest BCUT2D eigenvalue weighted by atomic mass is 16.5. The number of benzene rings is 1. The Morgan fingerprint density at radius 2 is 2.36 bits per heavy atom. The van der Waals surface area contributed by atoms with Crippen LogP contribution in [0.15, 0.2) is 24.3 Å². The third-order valence-corrected chi connectivity index (χ3v) is 1.96. The lowest BCUT2D eigenvalue weighted by Gasteiger charge is -2.08. The molecule has 3 heteroatoms. The molecule has 1 unspecified atom stereocenters. The van der Waals surface area contributed by atoms with Crippen molar-refractivity contribution >= 4 is 0 Å². The molecule has 1 aromatic rings. The van der Waals surface area contributed by atoms with Crippen LogP contribution in [-0.4, -0.2) is 13.2 Å². The van der Waals surface area contributed by atoms with Gasteiger partial charge in [0.15, 0.2) is 0 Å². The third-order valence-electron chi connectivity index (χ3n) is 1.96. The summed E-state index contributed by atoms with van der Waals surface area (Å²) in [7, 11) is 0. The van der Waals surface area contributed by atoms with Crippen molar-refractivity contribution in [3.63, 3.8) is 0 Å². The molecular weight excluding hydrogens is 176 g/mol. The van der Waals surface area contributed by atoms with Gasteiger partial charge < -0.3 is 10.5 Å². The Hall–Kier alpha value is -1.53. The van der Waals surface area contributed by atoms with E-state index in [1.165, 1.54) is 0 Å². The Balaban J connectivity index is 2.88. The Labute approximate surface area is 84.1 Å². The zero-order chi connectivity index (χ0) is 10.4. The van der Waals surface area contributed by atoms with Crippen LogP contribution in [0, 0.1) is 11.3 Å². The van der Waals surface area contributed by atoms with Crippen LogP contribution in [-0.2, 0) is 0 Å². The fourth-order valence-corrected chi connectivity index (χ4v) is 1.25. The first kappa shape index (κ1) is 10.6. The summed E-state index contributed by atoms with van der Waals surface area (Å²) in [4.78, 5) is 0. The van der Waals surface area contributed by atoms with Crippen molar-refractivity contribution in [1.29, 1.82) is 5.26 Å². The molecule has 0 heterocycles. The van der Waals surface area contributed by atoms with Crippen molar-refractivity contribution in [3.05, 3.63) is 29.8 Å². The molecule has 3 nitrogen and oxygen atoms in total. The molecule has 0 aliphatic heterocycles. The van der Waals surface area contributed by atoms with Crippen molar-refractivity contribution in [2.45, 2.75) is 12.8 Å². The van der Waals surface area contributed by atoms with Crippen LogP contribution in [0.5, 0.6) is 5.75 Å². The van der Waals surface area contributed by atoms with Crippen molar-refractivity contribution < 1.29 is 4.74 Å². The molecule has 1 rings (SSSR count). The van der Waals surface area contributed by atoms with Gasteiger partial charge in [0.2, 0.25) is 0 Å². The van der Waals surface area contributed by atoms with E-state index < -0.39 is 0 Å². The lowest BCUT2D eigenvalue weighted by atomic mass is 10.0. The van der Waals surface area contributed by atoms with E-state index in [4.69, 9.17) is 15.7 Å². The molecule has 0 radical (unpaired) electrons. The van der Waals surface area contributed by atoms with Crippen LogP contribution < -0.4 is 10.5 Å². The first-order valence-corrected chi connectivity index (χ1v) is 4.64. The third kappa shape index (κ3) is 2.48. The van der Waals surface area contributed by atoms with Crippen LogP contribution in [0.2, 0.25) is 0 Å². The first-order chi connectivity index (χ1) is 6.81. The van der Waals surface area contributed by atoms with Gasteiger partial charge in [-0.25, -0.2) is 0 Å². The summed E-state index contributed by atoms with van der Waals surface area (Å²) >= 11 is 0. The summed E-state index contributed by atoms with van der Waals surface area (Å²) < 4.78 is 5.34. The SMILES string of the molecule is CCOc1cccc(C(C#N)CN)c1. The zero-order valence-corrected chi connectivity index (χ0v) is 8.23. The summed E-state index contributed by atoms with van der Waals surface area (Å²) in [5, 5.41) is 8.83. The van der Waals surface area contributed by atoms with Crippen molar-refractivity contribution in [1.82, 2.24) is 0 Å². The second-order valence-electron chi connectivity index (χ2n) is 2.92. The second kappa shape index (κ2) is 5.25. The van der Waals surface area contributed by atoms with Gasteiger partial charge in [-0.3, -0.25) is 0 Å². The van der Waals surface area contributed by atoms with Gasteiger partial charge in [-0.15, -0.1) is 0 Å². The van der Waals surface area contributed by atoms with Gasteiger partial charge in [0.1, 0.15) is 5.75 Å². The molecule has 1 aromatic carbocycles. The Bertz CT molecular complexity index is 330. The Morgan fingerprint density at radius 1 is 1.57 bits per heavy atom. The van der Waals surface area contributed by atoms with Crippen LogP contribution >= 0.6 is 0 Å². The van der Waals surface area contributed by atoms with Gasteiger partial charge in [-0.1, -0.05) is 12.1 Å². The van der Waals surface area contributed by atoms with E-state index in [-0.39, 0.29) is 5.92 Å². The topological polar surface area (TPSA) is 59.0 Å². The van der Waals surface area contributed by atoms with E-state index in [0.717, 1.165) is 11.3 Å². The predicted molar refractivity (Wildman–Crippen MR) is 55.0 cm³/mol. The summed E-state index contributed by atoms with van der Waals surface area (Å²) in [5.74, 6) is 0.550. The highest BCUT2D eigenvalue weighted by Crippen LogP contribution is 2.19. The average Bonchev–Trinajstić information content (AvgIpc) is 2.21. The van der Waals surface area contributed by atoms with Crippen molar-refractivity contribution in [2.24, 2.45) is 5.73 Å². The molecule has 0 saturated heterocycles. The molecule has 0 saturated carbocycles. The smallest absolute Gasteiger partial charge is 0.119 e. The van der Waals surface area contributed by atoms with Crippen LogP contribution in [0.1, 0.15) is 18.4 Å². The lowest BCUT2D eigenvalue weighted by Crippen LogP contribution is -2.10. The Kier molecular flexibility index (Phi) is 3.96. The molecule has 0 aliphatic carbocycles. The van der Waals surface area contributed by atoms with Crippen molar-refractivity contribution in [3.8, 4) is 11.8 Å². The highest BCUT2D eigenvalue weighted by Gasteiger charge is 2.08. The molecule has 0 aliphatic rings. The van der Waals surface area contributed by atoms with Gasteiger partial charge in [-0.2, -0.15) is 5.26 Å². The van der Waals surface area contributed by atoms with Gasteiger partial charge in [0.25, 0.3) is 0 Å². The van der Waals surface area contributed by atoms with Crippen LogP contribution in [0.3, 0.4) is 0 Å². The number of nitriles is 1. The summed E-state index contributed by atoms with van der Waals surface area (Å²) in [5.41, 5.74) is 6.39. The summed E-state index contributed by atoms with van der Waals surface area (Å²) in [6.45, 7) is 2.90. The molecular formula is C11H14N2O. The van der Waals surface area contributed by atoms with E-state index in [1.54, 1.807) is 0 Å². The molecule has 74 valence electrons. The molecule has 0 bridgehead atoms. The quantitative estimate of drug-likeness (QED) is 0.785. The fraction of sp³-hybridized carbons (Fsp3) is 0.364. The van der Waals surface area contributed by atoms with Gasteiger partial charge in [0.05, 0.1) is 18.6 Å². The van der Waals surface area contributed by atoms with E-state index >= 15 is 0 Å². The van der Waals surface area contributed by atoms with Gasteiger partial charge >= 0.3 is 0 Å². The minimum atomic E-state index is -0.240. The molecule has 0 fully saturated rings. The zero-order valence-electron chi connectivity index (χ0n) is 8.23. The van der Waals surface area contributed by atoms with Gasteiger partial charge in [0, 0.05) is 6.54 Å².